The summed E-state index contributed by atoms with van der Waals surface area (Å²) < 4.78 is 5.55. The van der Waals surface area contributed by atoms with Gasteiger partial charge < -0.3 is 9.84 Å². The zero-order chi connectivity index (χ0) is 16.3. The molecule has 1 aliphatic rings. The number of esters is 1. The summed E-state index contributed by atoms with van der Waals surface area (Å²) in [5.74, 6) is -0.242. The summed E-state index contributed by atoms with van der Waals surface area (Å²) in [5, 5.41) is 9.96. The summed E-state index contributed by atoms with van der Waals surface area (Å²) >= 11 is 0. The molecule has 3 atom stereocenters. The lowest BCUT2D eigenvalue weighted by atomic mass is 9.95. The number of hydrogen-bond donors (Lipinski definition) is 1. The molecule has 1 fully saturated rings. The molecule has 3 unspecified atom stereocenters. The van der Waals surface area contributed by atoms with Gasteiger partial charge in [-0.2, -0.15) is 0 Å². The van der Waals surface area contributed by atoms with Gasteiger partial charge in [-0.25, -0.2) is 0 Å². The number of aliphatic hydroxyl groups is 1. The van der Waals surface area contributed by atoms with E-state index in [0.29, 0.717) is 19.4 Å². The number of ether oxygens (including phenoxy) is 1. The van der Waals surface area contributed by atoms with Crippen molar-refractivity contribution in [1.82, 2.24) is 4.90 Å². The fraction of sp³-hybridized carbons (Fsp3) is 0.611. The van der Waals surface area contributed by atoms with Gasteiger partial charge in [0.25, 0.3) is 0 Å². The van der Waals surface area contributed by atoms with Crippen LogP contribution >= 0.6 is 0 Å². The van der Waals surface area contributed by atoms with Crippen molar-refractivity contribution in [3.63, 3.8) is 0 Å². The smallest absolute Gasteiger partial charge is 0.323 e. The third-order valence-corrected chi connectivity index (χ3v) is 4.07. The predicted molar refractivity (Wildman–Crippen MR) is 86.4 cm³/mol. The molecule has 0 aromatic heterocycles. The molecule has 1 aromatic carbocycles. The highest BCUT2D eigenvalue weighted by molar-refractivity contribution is 5.76. The monoisotopic (exact) mass is 305 g/mol. The minimum Gasteiger partial charge on any atom is -0.459 e. The molecule has 1 N–H and O–H groups in total. The Labute approximate surface area is 133 Å². The number of aliphatic hydroxyl groups excluding tert-OH is 1. The molecule has 22 heavy (non-hydrogen) atoms. The molecule has 1 saturated heterocycles. The lowest BCUT2D eigenvalue weighted by Gasteiger charge is -2.41. The number of nitrogens with zero attached hydrogens (tertiary/aromatic N) is 1. The summed E-state index contributed by atoms with van der Waals surface area (Å²) in [5.41, 5.74) is 0.661. The molecule has 2 rings (SSSR count). The van der Waals surface area contributed by atoms with Crippen LogP contribution in [0.1, 0.15) is 52.1 Å². The van der Waals surface area contributed by atoms with Crippen LogP contribution in [0.3, 0.4) is 0 Å². The number of benzene rings is 1. The standard InChI is InChI=1S/C18H27NO3/c1-13(14-8-6-5-7-9-14)19-11-10-15(20)12-16(19)17(21)22-18(2,3)4/h5-9,13,15-16,20H,10-12H2,1-4H3. The molecule has 0 amide bonds. The molecular weight excluding hydrogens is 278 g/mol. The van der Waals surface area contributed by atoms with E-state index >= 15 is 0 Å². The summed E-state index contributed by atoms with van der Waals surface area (Å²) in [7, 11) is 0. The van der Waals surface area contributed by atoms with E-state index in [4.69, 9.17) is 4.74 Å². The highest BCUT2D eigenvalue weighted by Crippen LogP contribution is 2.30. The van der Waals surface area contributed by atoms with E-state index in [9.17, 15) is 9.90 Å². The van der Waals surface area contributed by atoms with Gasteiger partial charge in [0.1, 0.15) is 11.6 Å². The van der Waals surface area contributed by atoms with Crippen LogP contribution in [0.25, 0.3) is 0 Å². The first-order valence-corrected chi connectivity index (χ1v) is 7.99. The first-order valence-electron chi connectivity index (χ1n) is 7.99. The topological polar surface area (TPSA) is 49.8 Å². The van der Waals surface area contributed by atoms with Gasteiger partial charge in [0.2, 0.25) is 0 Å². The van der Waals surface area contributed by atoms with Crippen LogP contribution in [0.2, 0.25) is 0 Å². The quantitative estimate of drug-likeness (QED) is 0.872. The van der Waals surface area contributed by atoms with Crippen LogP contribution in [-0.4, -0.2) is 40.3 Å². The fourth-order valence-electron chi connectivity index (χ4n) is 2.95. The second-order valence-electron chi connectivity index (χ2n) is 7.05. The molecule has 0 aliphatic carbocycles. The van der Waals surface area contributed by atoms with Crippen LogP contribution in [0.4, 0.5) is 0 Å². The Kier molecular flexibility index (Phi) is 5.24. The van der Waals surface area contributed by atoms with Crippen LogP contribution in [0, 0.1) is 0 Å². The van der Waals surface area contributed by atoms with Gasteiger partial charge in [-0.3, -0.25) is 9.69 Å². The SMILES string of the molecule is CC(c1ccccc1)N1CCC(O)CC1C(=O)OC(C)(C)C. The van der Waals surface area contributed by atoms with E-state index in [1.807, 2.05) is 39.0 Å². The van der Waals surface area contributed by atoms with Crippen molar-refractivity contribution in [2.24, 2.45) is 0 Å². The summed E-state index contributed by atoms with van der Waals surface area (Å²) in [6.07, 6.45) is 0.694. The van der Waals surface area contributed by atoms with Gasteiger partial charge in [-0.1, -0.05) is 30.3 Å². The van der Waals surface area contributed by atoms with Gasteiger partial charge in [-0.15, -0.1) is 0 Å². The maximum atomic E-state index is 12.5. The number of hydrogen-bond acceptors (Lipinski definition) is 4. The Hall–Kier alpha value is -1.39. The van der Waals surface area contributed by atoms with E-state index in [1.165, 1.54) is 5.56 Å². The second kappa shape index (κ2) is 6.80. The first-order chi connectivity index (χ1) is 10.3. The molecule has 4 heteroatoms. The van der Waals surface area contributed by atoms with Gasteiger partial charge in [0.05, 0.1) is 6.10 Å². The number of piperidine rings is 1. The van der Waals surface area contributed by atoms with Crippen LogP contribution in [0.15, 0.2) is 30.3 Å². The van der Waals surface area contributed by atoms with Crippen molar-refractivity contribution in [3.8, 4) is 0 Å². The molecule has 0 spiro atoms. The molecule has 122 valence electrons. The average Bonchev–Trinajstić information content (AvgIpc) is 2.45. The summed E-state index contributed by atoms with van der Waals surface area (Å²) in [6, 6.07) is 9.87. The van der Waals surface area contributed by atoms with Gasteiger partial charge >= 0.3 is 5.97 Å². The Balaban J connectivity index is 2.18. The zero-order valence-electron chi connectivity index (χ0n) is 14.0. The number of rotatable bonds is 3. The van der Waals surface area contributed by atoms with Crippen molar-refractivity contribution >= 4 is 5.97 Å². The number of carbonyl (C=O) groups is 1. The van der Waals surface area contributed by atoms with Crippen LogP contribution in [-0.2, 0) is 9.53 Å². The highest BCUT2D eigenvalue weighted by Gasteiger charge is 2.38. The molecular formula is C18H27NO3. The molecule has 4 nitrogen and oxygen atoms in total. The number of carbonyl (C=O) groups excluding carboxylic acids is 1. The van der Waals surface area contributed by atoms with Gasteiger partial charge in [0, 0.05) is 12.6 Å². The maximum Gasteiger partial charge on any atom is 0.323 e. The Morgan fingerprint density at radius 3 is 2.55 bits per heavy atom. The highest BCUT2D eigenvalue weighted by atomic mass is 16.6. The van der Waals surface area contributed by atoms with E-state index in [1.54, 1.807) is 0 Å². The average molecular weight is 305 g/mol. The third-order valence-electron chi connectivity index (χ3n) is 4.07. The molecule has 1 heterocycles. The van der Waals surface area contributed by atoms with Crippen molar-refractivity contribution < 1.29 is 14.6 Å². The van der Waals surface area contributed by atoms with E-state index in [2.05, 4.69) is 24.0 Å². The van der Waals surface area contributed by atoms with E-state index in [-0.39, 0.29) is 12.0 Å². The molecule has 1 aliphatic heterocycles. The van der Waals surface area contributed by atoms with Gasteiger partial charge in [-0.05, 0) is 46.1 Å². The van der Waals surface area contributed by atoms with Gasteiger partial charge in [0.15, 0.2) is 0 Å². The Bertz CT molecular complexity index is 495. The maximum absolute atomic E-state index is 12.5. The second-order valence-corrected chi connectivity index (χ2v) is 7.05. The van der Waals surface area contributed by atoms with E-state index < -0.39 is 17.7 Å². The van der Waals surface area contributed by atoms with Crippen LogP contribution in [0.5, 0.6) is 0 Å². The minimum absolute atomic E-state index is 0.117. The van der Waals surface area contributed by atoms with E-state index in [0.717, 1.165) is 0 Å². The predicted octanol–water partition coefficient (Wildman–Crippen LogP) is 2.91. The van der Waals surface area contributed by atoms with Crippen molar-refractivity contribution in [1.29, 1.82) is 0 Å². The van der Waals surface area contributed by atoms with Crippen molar-refractivity contribution in [3.05, 3.63) is 35.9 Å². The Morgan fingerprint density at radius 2 is 1.95 bits per heavy atom. The molecule has 1 aromatic rings. The Morgan fingerprint density at radius 1 is 1.32 bits per heavy atom. The summed E-state index contributed by atoms with van der Waals surface area (Å²) in [6.45, 7) is 8.41. The van der Waals surface area contributed by atoms with Crippen molar-refractivity contribution in [2.75, 3.05) is 6.54 Å². The number of likely N-dealkylation sites (tertiary alicyclic amines) is 1. The first kappa shape index (κ1) is 17.0. The minimum atomic E-state index is -0.513. The summed E-state index contributed by atoms with van der Waals surface area (Å²) in [4.78, 5) is 14.7. The molecule has 0 radical (unpaired) electrons. The largest absolute Gasteiger partial charge is 0.459 e. The molecule has 0 bridgehead atoms. The van der Waals surface area contributed by atoms with Crippen LogP contribution < -0.4 is 0 Å². The van der Waals surface area contributed by atoms with Crippen molar-refractivity contribution in [2.45, 2.75) is 64.3 Å². The molecule has 0 saturated carbocycles. The zero-order valence-corrected chi connectivity index (χ0v) is 14.0. The third kappa shape index (κ3) is 4.31. The fourth-order valence-corrected chi connectivity index (χ4v) is 2.95. The normalized spacial score (nSPS) is 24.8. The lowest BCUT2D eigenvalue weighted by Crippen LogP contribution is -2.51. The lowest BCUT2D eigenvalue weighted by molar-refractivity contribution is -0.166.